The van der Waals surface area contributed by atoms with Crippen molar-refractivity contribution in [1.29, 1.82) is 0 Å². The molecule has 31 heavy (non-hydrogen) atoms. The molecule has 0 aliphatic carbocycles. The second kappa shape index (κ2) is 9.86. The quantitative estimate of drug-likeness (QED) is 0.371. The fourth-order valence-electron chi connectivity index (χ4n) is 2.86. The maximum absolute atomic E-state index is 12.7. The van der Waals surface area contributed by atoms with E-state index in [0.29, 0.717) is 11.4 Å². The lowest BCUT2D eigenvalue weighted by atomic mass is 10.1. The molecule has 0 fully saturated rings. The summed E-state index contributed by atoms with van der Waals surface area (Å²) in [6, 6.07) is 20.3. The van der Waals surface area contributed by atoms with Gasteiger partial charge in [0.15, 0.2) is 0 Å². The molecule has 158 valence electrons. The van der Waals surface area contributed by atoms with E-state index in [2.05, 4.69) is 26.6 Å². The Morgan fingerprint density at radius 2 is 1.68 bits per heavy atom. The van der Waals surface area contributed by atoms with E-state index in [0.717, 1.165) is 4.47 Å². The number of nitro groups is 1. The van der Waals surface area contributed by atoms with Crippen molar-refractivity contribution >= 4 is 50.5 Å². The molecule has 9 heteroatoms. The Hall–Kier alpha value is -3.72. The van der Waals surface area contributed by atoms with Crippen LogP contribution in [0.4, 0.5) is 22.7 Å². The topological polar surface area (TPSA) is 105 Å². The summed E-state index contributed by atoms with van der Waals surface area (Å²) in [5.41, 5.74) is 1.41. The molecular formula is C22H19BrN4O4. The van der Waals surface area contributed by atoms with E-state index in [-0.39, 0.29) is 29.4 Å². The lowest BCUT2D eigenvalue weighted by Crippen LogP contribution is -2.35. The Morgan fingerprint density at radius 1 is 1.00 bits per heavy atom. The molecule has 8 nitrogen and oxygen atoms in total. The first kappa shape index (κ1) is 22.0. The zero-order valence-electron chi connectivity index (χ0n) is 16.5. The number of benzene rings is 3. The predicted molar refractivity (Wildman–Crippen MR) is 123 cm³/mol. The number of carbonyl (C=O) groups is 2. The van der Waals surface area contributed by atoms with Gasteiger partial charge in [-0.1, -0.05) is 30.3 Å². The van der Waals surface area contributed by atoms with Crippen molar-refractivity contribution in [2.45, 2.75) is 0 Å². The number of halogens is 1. The summed E-state index contributed by atoms with van der Waals surface area (Å²) in [7, 11) is 1.46. The number of para-hydroxylation sites is 2. The summed E-state index contributed by atoms with van der Waals surface area (Å²) in [4.78, 5) is 37.2. The van der Waals surface area contributed by atoms with Crippen LogP contribution in [-0.2, 0) is 4.79 Å². The van der Waals surface area contributed by atoms with Gasteiger partial charge in [0.05, 0.1) is 17.2 Å². The van der Waals surface area contributed by atoms with Gasteiger partial charge in [-0.3, -0.25) is 19.7 Å². The van der Waals surface area contributed by atoms with Crippen molar-refractivity contribution < 1.29 is 14.5 Å². The molecule has 0 saturated heterocycles. The normalized spacial score (nSPS) is 10.3. The van der Waals surface area contributed by atoms with Crippen molar-refractivity contribution in [3.05, 3.63) is 92.9 Å². The van der Waals surface area contributed by atoms with Crippen LogP contribution in [0.25, 0.3) is 0 Å². The van der Waals surface area contributed by atoms with E-state index >= 15 is 0 Å². The number of carbonyl (C=O) groups excluding carboxylic acids is 2. The van der Waals surface area contributed by atoms with E-state index in [9.17, 15) is 19.7 Å². The van der Waals surface area contributed by atoms with Crippen LogP contribution in [0.5, 0.6) is 0 Å². The van der Waals surface area contributed by atoms with E-state index in [1.165, 1.54) is 30.1 Å². The molecule has 0 saturated carbocycles. The van der Waals surface area contributed by atoms with Crippen molar-refractivity contribution in [3.63, 3.8) is 0 Å². The van der Waals surface area contributed by atoms with Gasteiger partial charge < -0.3 is 15.5 Å². The fourth-order valence-corrected chi connectivity index (χ4v) is 3.24. The molecule has 3 rings (SSSR count). The van der Waals surface area contributed by atoms with E-state index < -0.39 is 10.8 Å². The average molecular weight is 483 g/mol. The Labute approximate surface area is 187 Å². The minimum absolute atomic E-state index is 0.113. The third kappa shape index (κ3) is 5.67. The number of likely N-dealkylation sites (N-methyl/N-ethyl adjacent to an activating group) is 1. The van der Waals surface area contributed by atoms with Gasteiger partial charge in [0, 0.05) is 28.8 Å². The monoisotopic (exact) mass is 482 g/mol. The Kier molecular flexibility index (Phi) is 6.99. The van der Waals surface area contributed by atoms with Crippen LogP contribution in [0.15, 0.2) is 77.3 Å². The van der Waals surface area contributed by atoms with Crippen LogP contribution in [0.2, 0.25) is 0 Å². The molecule has 0 atom stereocenters. The first-order valence-electron chi connectivity index (χ1n) is 9.25. The molecule has 0 bridgehead atoms. The minimum atomic E-state index is -0.554. The van der Waals surface area contributed by atoms with Gasteiger partial charge in [0.1, 0.15) is 5.69 Å². The maximum Gasteiger partial charge on any atom is 0.293 e. The third-order valence-electron chi connectivity index (χ3n) is 4.37. The van der Waals surface area contributed by atoms with Crippen molar-refractivity contribution in [2.75, 3.05) is 24.2 Å². The number of nitrogens with zero attached hydrogens (tertiary/aromatic N) is 2. The molecule has 3 aromatic carbocycles. The van der Waals surface area contributed by atoms with Crippen LogP contribution >= 0.6 is 15.9 Å². The number of nitro benzene ring substituents is 1. The number of hydrogen-bond acceptors (Lipinski definition) is 5. The summed E-state index contributed by atoms with van der Waals surface area (Å²) in [6.07, 6.45) is 0. The standard InChI is InChI=1S/C22H19BrN4O4/c1-26(14-21(28)25-18-10-6-5-9-17(18)23)22(29)15-11-12-19(20(13-15)27(30)31)24-16-7-3-2-4-8-16/h2-13,24H,14H2,1H3,(H,25,28). The number of hydrogen-bond donors (Lipinski definition) is 2. The largest absolute Gasteiger partial charge is 0.350 e. The molecule has 0 aliphatic rings. The highest BCUT2D eigenvalue weighted by Crippen LogP contribution is 2.29. The van der Waals surface area contributed by atoms with Crippen LogP contribution < -0.4 is 10.6 Å². The first-order chi connectivity index (χ1) is 14.8. The number of amides is 2. The second-order valence-electron chi connectivity index (χ2n) is 6.67. The molecular weight excluding hydrogens is 464 g/mol. The van der Waals surface area contributed by atoms with E-state index in [4.69, 9.17) is 0 Å². The summed E-state index contributed by atoms with van der Waals surface area (Å²) < 4.78 is 0.717. The number of nitrogens with one attached hydrogen (secondary N) is 2. The van der Waals surface area contributed by atoms with Gasteiger partial charge in [0.25, 0.3) is 11.6 Å². The Bertz CT molecular complexity index is 1120. The smallest absolute Gasteiger partial charge is 0.293 e. The van der Waals surface area contributed by atoms with E-state index in [1.54, 1.807) is 42.5 Å². The Balaban J connectivity index is 1.73. The van der Waals surface area contributed by atoms with Gasteiger partial charge >= 0.3 is 0 Å². The average Bonchev–Trinajstić information content (AvgIpc) is 2.75. The van der Waals surface area contributed by atoms with Gasteiger partial charge in [-0.2, -0.15) is 0 Å². The molecule has 0 aromatic heterocycles. The SMILES string of the molecule is CN(CC(=O)Nc1ccccc1Br)C(=O)c1ccc(Nc2ccccc2)c([N+](=O)[O-])c1. The summed E-state index contributed by atoms with van der Waals surface area (Å²) in [6.45, 7) is -0.210. The van der Waals surface area contributed by atoms with E-state index in [1.807, 2.05) is 12.1 Å². The molecule has 2 N–H and O–H groups in total. The maximum atomic E-state index is 12.7. The fraction of sp³-hybridized carbons (Fsp3) is 0.0909. The molecule has 0 spiro atoms. The van der Waals surface area contributed by atoms with Gasteiger partial charge in [-0.15, -0.1) is 0 Å². The van der Waals surface area contributed by atoms with Crippen LogP contribution in [0, 0.1) is 10.1 Å². The first-order valence-corrected chi connectivity index (χ1v) is 10.0. The summed E-state index contributed by atoms with van der Waals surface area (Å²) >= 11 is 3.34. The summed E-state index contributed by atoms with van der Waals surface area (Å²) in [5, 5.41) is 17.2. The van der Waals surface area contributed by atoms with Crippen molar-refractivity contribution in [2.24, 2.45) is 0 Å². The second-order valence-corrected chi connectivity index (χ2v) is 7.52. The molecule has 0 heterocycles. The van der Waals surface area contributed by atoms with Crippen LogP contribution in [0.3, 0.4) is 0 Å². The third-order valence-corrected chi connectivity index (χ3v) is 5.06. The zero-order chi connectivity index (χ0) is 22.4. The van der Waals surface area contributed by atoms with Crippen LogP contribution in [0.1, 0.15) is 10.4 Å². The molecule has 2 amide bonds. The lowest BCUT2D eigenvalue weighted by Gasteiger charge is -2.17. The molecule has 0 unspecified atom stereocenters. The Morgan fingerprint density at radius 3 is 2.35 bits per heavy atom. The minimum Gasteiger partial charge on any atom is -0.350 e. The molecule has 3 aromatic rings. The highest BCUT2D eigenvalue weighted by molar-refractivity contribution is 9.10. The van der Waals surface area contributed by atoms with Crippen LogP contribution in [-0.4, -0.2) is 35.2 Å². The highest BCUT2D eigenvalue weighted by atomic mass is 79.9. The molecule has 0 radical (unpaired) electrons. The highest BCUT2D eigenvalue weighted by Gasteiger charge is 2.21. The summed E-state index contributed by atoms with van der Waals surface area (Å²) in [5.74, 6) is -0.892. The molecule has 0 aliphatic heterocycles. The number of anilines is 3. The van der Waals surface area contributed by atoms with Crippen molar-refractivity contribution in [1.82, 2.24) is 4.90 Å². The van der Waals surface area contributed by atoms with Gasteiger partial charge in [-0.05, 0) is 52.3 Å². The van der Waals surface area contributed by atoms with Gasteiger partial charge in [-0.25, -0.2) is 0 Å². The van der Waals surface area contributed by atoms with Gasteiger partial charge in [0.2, 0.25) is 5.91 Å². The van der Waals surface area contributed by atoms with Crippen molar-refractivity contribution in [3.8, 4) is 0 Å². The zero-order valence-corrected chi connectivity index (χ0v) is 18.1. The lowest BCUT2D eigenvalue weighted by molar-refractivity contribution is -0.383. The number of rotatable bonds is 7. The predicted octanol–water partition coefficient (Wildman–Crippen LogP) is 4.81.